The third-order valence-electron chi connectivity index (χ3n) is 3.88. The molecule has 0 aromatic carbocycles. The molecule has 1 fully saturated rings. The van der Waals surface area contributed by atoms with Crippen LogP contribution < -0.4 is 0 Å². The number of hydrogen-bond acceptors (Lipinski definition) is 2. The number of carbonyl (C=O) groups excluding carboxylic acids is 1. The molecule has 14 heavy (non-hydrogen) atoms. The Kier molecular flexibility index (Phi) is 4.11. The molecule has 2 heteroatoms. The van der Waals surface area contributed by atoms with Gasteiger partial charge in [0.15, 0.2) is 0 Å². The van der Waals surface area contributed by atoms with E-state index in [9.17, 15) is 4.79 Å². The Morgan fingerprint density at radius 3 is 2.57 bits per heavy atom. The first-order valence-corrected chi connectivity index (χ1v) is 5.71. The Morgan fingerprint density at radius 1 is 1.50 bits per heavy atom. The molecular formula is C12H22O2. The molecule has 1 aliphatic carbocycles. The lowest BCUT2D eigenvalue weighted by atomic mass is 9.77. The Bertz CT molecular complexity index is 200. The highest BCUT2D eigenvalue weighted by molar-refractivity contribution is 5.83. The van der Waals surface area contributed by atoms with Crippen LogP contribution in [0.3, 0.4) is 0 Å². The third kappa shape index (κ3) is 2.35. The molecule has 2 unspecified atom stereocenters. The Labute approximate surface area is 86.7 Å². The molecular weight excluding hydrogens is 176 g/mol. The largest absolute Gasteiger partial charge is 0.396 e. The molecule has 0 bridgehead atoms. The zero-order valence-electron chi connectivity index (χ0n) is 9.49. The van der Waals surface area contributed by atoms with Crippen molar-refractivity contribution in [3.63, 3.8) is 0 Å². The minimum atomic E-state index is 0.237. The minimum Gasteiger partial charge on any atom is -0.396 e. The zero-order chi connectivity index (χ0) is 10.7. The summed E-state index contributed by atoms with van der Waals surface area (Å²) in [4.78, 5) is 11.7. The third-order valence-corrected chi connectivity index (χ3v) is 3.88. The molecule has 2 nitrogen and oxygen atoms in total. The highest BCUT2D eigenvalue weighted by atomic mass is 16.3. The predicted octanol–water partition coefficient (Wildman–Crippen LogP) is 2.26. The number of carbonyl (C=O) groups is 1. The van der Waals surface area contributed by atoms with Crippen LogP contribution in [0.1, 0.15) is 40.0 Å². The van der Waals surface area contributed by atoms with Crippen LogP contribution >= 0.6 is 0 Å². The quantitative estimate of drug-likeness (QED) is 0.752. The monoisotopic (exact) mass is 198 g/mol. The zero-order valence-corrected chi connectivity index (χ0v) is 9.49. The van der Waals surface area contributed by atoms with Crippen LogP contribution in [-0.4, -0.2) is 17.5 Å². The number of aliphatic hydroxyl groups excluding tert-OH is 1. The van der Waals surface area contributed by atoms with Gasteiger partial charge in [0.25, 0.3) is 0 Å². The summed E-state index contributed by atoms with van der Waals surface area (Å²) in [6.07, 6.45) is 2.64. The molecule has 0 aromatic heterocycles. The van der Waals surface area contributed by atoms with Crippen molar-refractivity contribution in [2.45, 2.75) is 40.0 Å². The van der Waals surface area contributed by atoms with Gasteiger partial charge in [-0.05, 0) is 30.6 Å². The lowest BCUT2D eigenvalue weighted by Crippen LogP contribution is -2.26. The fourth-order valence-corrected chi connectivity index (χ4v) is 2.67. The molecule has 1 N–H and O–H groups in total. The molecule has 0 radical (unpaired) electrons. The Morgan fingerprint density at radius 2 is 2.14 bits per heavy atom. The molecule has 82 valence electrons. The molecule has 0 spiro atoms. The minimum absolute atomic E-state index is 0.237. The average Bonchev–Trinajstić information content (AvgIpc) is 2.46. The van der Waals surface area contributed by atoms with Crippen LogP contribution in [0.25, 0.3) is 0 Å². The number of Topliss-reactive ketones (excluding diaryl/α,β-unsaturated/α-hetero) is 1. The van der Waals surface area contributed by atoms with Gasteiger partial charge in [0.05, 0.1) is 0 Å². The second kappa shape index (κ2) is 4.92. The summed E-state index contributed by atoms with van der Waals surface area (Å²) in [7, 11) is 0. The van der Waals surface area contributed by atoms with Gasteiger partial charge >= 0.3 is 0 Å². The van der Waals surface area contributed by atoms with Crippen molar-refractivity contribution in [3.8, 4) is 0 Å². The molecule has 0 aromatic rings. The van der Waals surface area contributed by atoms with E-state index in [-0.39, 0.29) is 12.5 Å². The normalized spacial score (nSPS) is 31.9. The molecule has 0 saturated heterocycles. The number of hydrogen-bond donors (Lipinski definition) is 1. The van der Waals surface area contributed by atoms with Gasteiger partial charge in [-0.15, -0.1) is 0 Å². The maximum Gasteiger partial charge on any atom is 0.136 e. The van der Waals surface area contributed by atoms with Crippen molar-refractivity contribution < 1.29 is 9.90 Å². The van der Waals surface area contributed by atoms with Crippen molar-refractivity contribution in [2.24, 2.45) is 23.7 Å². The summed E-state index contributed by atoms with van der Waals surface area (Å²) >= 11 is 0. The van der Waals surface area contributed by atoms with E-state index in [1.54, 1.807) is 0 Å². The van der Waals surface area contributed by atoms with Crippen molar-refractivity contribution in [1.29, 1.82) is 0 Å². The van der Waals surface area contributed by atoms with Gasteiger partial charge in [-0.25, -0.2) is 0 Å². The van der Waals surface area contributed by atoms with Gasteiger partial charge < -0.3 is 5.11 Å². The van der Waals surface area contributed by atoms with Gasteiger partial charge in [0, 0.05) is 18.9 Å². The first kappa shape index (κ1) is 11.7. The second-order valence-electron chi connectivity index (χ2n) is 4.86. The summed E-state index contributed by atoms with van der Waals surface area (Å²) in [5.41, 5.74) is 0. The maximum atomic E-state index is 11.7. The van der Waals surface area contributed by atoms with Crippen LogP contribution in [0.15, 0.2) is 0 Å². The van der Waals surface area contributed by atoms with E-state index < -0.39 is 0 Å². The second-order valence-corrected chi connectivity index (χ2v) is 4.86. The number of rotatable bonds is 4. The summed E-state index contributed by atoms with van der Waals surface area (Å²) < 4.78 is 0. The van der Waals surface area contributed by atoms with Crippen molar-refractivity contribution in [3.05, 3.63) is 0 Å². The molecule has 1 saturated carbocycles. The van der Waals surface area contributed by atoms with Crippen molar-refractivity contribution in [1.82, 2.24) is 0 Å². The standard InChI is InChI=1S/C12H22O2/c1-8(6-7-13)10(3)12-9(2)4-5-11(12)14/h8-10,12-13H,4-7H2,1-3H3/t8-,9?,10?,12+/m1/s1. The lowest BCUT2D eigenvalue weighted by molar-refractivity contribution is -0.123. The molecule has 0 aliphatic heterocycles. The molecule has 0 amide bonds. The SMILES string of the molecule is CC1CCC(=O)[C@@H]1C(C)[C@H](C)CCO. The Balaban J connectivity index is 2.58. The predicted molar refractivity (Wildman–Crippen MR) is 56.9 cm³/mol. The number of aliphatic hydroxyl groups is 1. The molecule has 0 heterocycles. The van der Waals surface area contributed by atoms with Crippen LogP contribution in [0.4, 0.5) is 0 Å². The first-order valence-electron chi connectivity index (χ1n) is 5.71. The van der Waals surface area contributed by atoms with E-state index in [0.29, 0.717) is 23.5 Å². The summed E-state index contributed by atoms with van der Waals surface area (Å²) in [5, 5.41) is 8.88. The van der Waals surface area contributed by atoms with Gasteiger partial charge in [-0.2, -0.15) is 0 Å². The molecule has 1 aliphatic rings. The van der Waals surface area contributed by atoms with E-state index in [0.717, 1.165) is 19.3 Å². The lowest BCUT2D eigenvalue weighted by Gasteiger charge is -2.27. The highest BCUT2D eigenvalue weighted by Gasteiger charge is 2.37. The highest BCUT2D eigenvalue weighted by Crippen LogP contribution is 2.37. The molecule has 4 atom stereocenters. The molecule has 1 rings (SSSR count). The topological polar surface area (TPSA) is 37.3 Å². The van der Waals surface area contributed by atoms with Crippen LogP contribution in [0.5, 0.6) is 0 Å². The van der Waals surface area contributed by atoms with E-state index in [1.807, 2.05) is 0 Å². The number of ketones is 1. The smallest absolute Gasteiger partial charge is 0.136 e. The van der Waals surface area contributed by atoms with Gasteiger partial charge in [0.1, 0.15) is 5.78 Å². The van der Waals surface area contributed by atoms with Crippen LogP contribution in [-0.2, 0) is 4.79 Å². The van der Waals surface area contributed by atoms with Crippen molar-refractivity contribution in [2.75, 3.05) is 6.61 Å². The first-order chi connectivity index (χ1) is 6.57. The fraction of sp³-hybridized carbons (Fsp3) is 0.917. The maximum absolute atomic E-state index is 11.7. The van der Waals surface area contributed by atoms with E-state index in [2.05, 4.69) is 20.8 Å². The Hall–Kier alpha value is -0.370. The summed E-state index contributed by atoms with van der Waals surface area (Å²) in [5.74, 6) is 2.10. The average molecular weight is 198 g/mol. The summed E-state index contributed by atoms with van der Waals surface area (Å²) in [6.45, 7) is 6.71. The summed E-state index contributed by atoms with van der Waals surface area (Å²) in [6, 6.07) is 0. The van der Waals surface area contributed by atoms with Crippen LogP contribution in [0.2, 0.25) is 0 Å². The van der Waals surface area contributed by atoms with Gasteiger partial charge in [0.2, 0.25) is 0 Å². The van der Waals surface area contributed by atoms with Gasteiger partial charge in [-0.1, -0.05) is 20.8 Å². The van der Waals surface area contributed by atoms with E-state index >= 15 is 0 Å². The fourth-order valence-electron chi connectivity index (χ4n) is 2.67. The van der Waals surface area contributed by atoms with Crippen LogP contribution in [0, 0.1) is 23.7 Å². The van der Waals surface area contributed by atoms with Crippen molar-refractivity contribution >= 4 is 5.78 Å². The van der Waals surface area contributed by atoms with E-state index in [1.165, 1.54) is 0 Å². The van der Waals surface area contributed by atoms with E-state index in [4.69, 9.17) is 5.11 Å². The van der Waals surface area contributed by atoms with Gasteiger partial charge in [-0.3, -0.25) is 4.79 Å².